The summed E-state index contributed by atoms with van der Waals surface area (Å²) in [6.07, 6.45) is 6.78. The fourth-order valence-electron chi connectivity index (χ4n) is 3.75. The van der Waals surface area contributed by atoms with E-state index in [9.17, 15) is 4.21 Å². The average molecular weight is 520 g/mol. The molecule has 0 amide bonds. The first-order valence-corrected chi connectivity index (χ1v) is 13.9. The second-order valence-corrected chi connectivity index (χ2v) is 11.7. The van der Waals surface area contributed by atoms with Gasteiger partial charge in [0.2, 0.25) is 0 Å². The van der Waals surface area contributed by atoms with E-state index in [1.54, 1.807) is 38.9 Å². The molecule has 2 N–H and O–H groups in total. The first-order chi connectivity index (χ1) is 16.5. The van der Waals surface area contributed by atoms with E-state index in [2.05, 4.69) is 21.3 Å². The van der Waals surface area contributed by atoms with Crippen molar-refractivity contribution >= 4 is 49.4 Å². The molecule has 1 aliphatic carbocycles. The predicted molar refractivity (Wildman–Crippen MR) is 140 cm³/mol. The number of thiophene rings is 1. The molecule has 1 atom stereocenters. The predicted octanol–water partition coefficient (Wildman–Crippen LogP) is 4.69. The van der Waals surface area contributed by atoms with Crippen molar-refractivity contribution in [3.63, 3.8) is 0 Å². The van der Waals surface area contributed by atoms with Crippen LogP contribution in [0.2, 0.25) is 0 Å². The lowest BCUT2D eigenvalue weighted by Gasteiger charge is -2.09. The molecule has 0 bridgehead atoms. The van der Waals surface area contributed by atoms with Crippen LogP contribution in [0.4, 0.5) is 5.69 Å². The third kappa shape index (κ3) is 5.08. The molecular formula is C23H29N5O3S3. The van der Waals surface area contributed by atoms with Gasteiger partial charge in [0.05, 0.1) is 28.4 Å². The van der Waals surface area contributed by atoms with Crippen LogP contribution < -0.4 is 5.73 Å². The Hall–Kier alpha value is -2.18. The molecule has 1 aliphatic rings. The van der Waals surface area contributed by atoms with Crippen LogP contribution in [-0.2, 0) is 27.3 Å². The number of nitrogens with two attached hydrogens (primary N) is 1. The SMILES string of the molecule is COC.COCCCS(=O)c1sc2nc(-c3nccs3)cc(-c3cnc(C4CC4)n3C)c2c1N. The molecule has 34 heavy (non-hydrogen) atoms. The van der Waals surface area contributed by atoms with Crippen molar-refractivity contribution in [1.29, 1.82) is 0 Å². The minimum atomic E-state index is -1.20. The zero-order valence-corrected chi connectivity index (χ0v) is 22.2. The number of rotatable bonds is 8. The van der Waals surface area contributed by atoms with Gasteiger partial charge in [0.1, 0.15) is 25.6 Å². The lowest BCUT2D eigenvalue weighted by atomic mass is 10.1. The van der Waals surface area contributed by atoms with Crippen LogP contribution in [0.15, 0.2) is 28.0 Å². The van der Waals surface area contributed by atoms with Gasteiger partial charge in [-0.3, -0.25) is 4.21 Å². The van der Waals surface area contributed by atoms with Gasteiger partial charge < -0.3 is 19.8 Å². The molecule has 0 aliphatic heterocycles. The molecule has 1 fully saturated rings. The molecule has 1 unspecified atom stereocenters. The molecule has 8 nitrogen and oxygen atoms in total. The molecular weight excluding hydrogens is 490 g/mol. The summed E-state index contributed by atoms with van der Waals surface area (Å²) in [6, 6.07) is 2.04. The van der Waals surface area contributed by atoms with Crippen LogP contribution in [0.3, 0.4) is 0 Å². The first kappa shape index (κ1) is 24.9. The van der Waals surface area contributed by atoms with Gasteiger partial charge in [-0.25, -0.2) is 15.0 Å². The number of hydrogen-bond donors (Lipinski definition) is 1. The monoisotopic (exact) mass is 519 g/mol. The molecule has 11 heteroatoms. The molecule has 1 saturated carbocycles. The van der Waals surface area contributed by atoms with Crippen molar-refractivity contribution in [1.82, 2.24) is 19.5 Å². The molecule has 5 rings (SSSR count). The Morgan fingerprint density at radius 1 is 1.26 bits per heavy atom. The number of aromatic nitrogens is 4. The van der Waals surface area contributed by atoms with Crippen LogP contribution in [0.1, 0.15) is 31.0 Å². The van der Waals surface area contributed by atoms with Crippen LogP contribution >= 0.6 is 22.7 Å². The zero-order chi connectivity index (χ0) is 24.2. The van der Waals surface area contributed by atoms with E-state index in [0.29, 0.717) is 34.6 Å². The largest absolute Gasteiger partial charge is 0.396 e. The van der Waals surface area contributed by atoms with E-state index >= 15 is 0 Å². The van der Waals surface area contributed by atoms with Gasteiger partial charge in [0, 0.05) is 69.2 Å². The van der Waals surface area contributed by atoms with Gasteiger partial charge in [0.25, 0.3) is 0 Å². The maximum Gasteiger partial charge on any atom is 0.141 e. The number of pyridine rings is 1. The normalized spacial score (nSPS) is 14.2. The number of nitrogen functional groups attached to an aromatic ring is 1. The quantitative estimate of drug-likeness (QED) is 0.337. The summed E-state index contributed by atoms with van der Waals surface area (Å²) < 4.78 is 25.2. The minimum Gasteiger partial charge on any atom is -0.396 e. The third-order valence-electron chi connectivity index (χ3n) is 5.44. The Balaban J connectivity index is 0.000000868. The Morgan fingerprint density at radius 3 is 2.68 bits per heavy atom. The number of anilines is 1. The van der Waals surface area contributed by atoms with E-state index in [4.69, 9.17) is 20.4 Å². The van der Waals surface area contributed by atoms with Crippen molar-refractivity contribution in [2.75, 3.05) is 39.4 Å². The zero-order valence-electron chi connectivity index (χ0n) is 19.7. The number of fused-ring (bicyclic) bond motifs is 1. The third-order valence-corrected chi connectivity index (χ3v) is 9.23. The highest BCUT2D eigenvalue weighted by Gasteiger charge is 2.29. The molecule has 4 aromatic heterocycles. The summed E-state index contributed by atoms with van der Waals surface area (Å²) in [5.74, 6) is 2.16. The first-order valence-electron chi connectivity index (χ1n) is 10.9. The molecule has 4 heterocycles. The van der Waals surface area contributed by atoms with Crippen molar-refractivity contribution in [3.05, 3.63) is 29.7 Å². The molecule has 182 valence electrons. The fourth-order valence-corrected chi connectivity index (χ4v) is 6.98. The van der Waals surface area contributed by atoms with Gasteiger partial charge >= 0.3 is 0 Å². The lowest BCUT2D eigenvalue weighted by molar-refractivity contribution is 0.200. The summed E-state index contributed by atoms with van der Waals surface area (Å²) in [5.41, 5.74) is 9.89. The standard InChI is InChI=1S/C21H23N5O2S3.C2H6O/c1-26-15(11-24-18(26)12-4-5-12)13-10-14(19-23-6-8-29-19)25-20-16(13)17(22)21(30-20)31(27)9-3-7-28-2;1-3-2/h6,8,10-12H,3-5,7,9,22H2,1-2H3;1-2H3. The smallest absolute Gasteiger partial charge is 0.141 e. The number of nitrogens with zero attached hydrogens (tertiary/aromatic N) is 4. The summed E-state index contributed by atoms with van der Waals surface area (Å²) in [7, 11) is 5.76. The van der Waals surface area contributed by atoms with Crippen molar-refractivity contribution in [2.24, 2.45) is 7.05 Å². The summed E-state index contributed by atoms with van der Waals surface area (Å²) in [4.78, 5) is 14.8. The summed E-state index contributed by atoms with van der Waals surface area (Å²) in [5, 5.41) is 3.64. The Labute approximate surface area is 209 Å². The van der Waals surface area contributed by atoms with Gasteiger partial charge in [-0.05, 0) is 25.3 Å². The fraction of sp³-hybridized carbons (Fsp3) is 0.435. The topological polar surface area (TPSA) is 105 Å². The summed E-state index contributed by atoms with van der Waals surface area (Å²) >= 11 is 2.96. The van der Waals surface area contributed by atoms with Gasteiger partial charge in [-0.2, -0.15) is 0 Å². The van der Waals surface area contributed by atoms with Crippen molar-refractivity contribution in [2.45, 2.75) is 29.4 Å². The van der Waals surface area contributed by atoms with E-state index in [0.717, 1.165) is 38.0 Å². The number of methoxy groups -OCH3 is 2. The van der Waals surface area contributed by atoms with Crippen molar-refractivity contribution in [3.8, 4) is 22.0 Å². The van der Waals surface area contributed by atoms with Crippen LogP contribution in [-0.4, -0.2) is 57.4 Å². The second kappa shape index (κ2) is 11.0. The molecule has 0 saturated heterocycles. The van der Waals surface area contributed by atoms with Crippen LogP contribution in [0.25, 0.3) is 32.2 Å². The molecule has 0 radical (unpaired) electrons. The highest BCUT2D eigenvalue weighted by molar-refractivity contribution is 7.87. The van der Waals surface area contributed by atoms with Gasteiger partial charge in [-0.1, -0.05) is 0 Å². The van der Waals surface area contributed by atoms with E-state index < -0.39 is 10.8 Å². The number of ether oxygens (including phenoxy) is 2. The minimum absolute atomic E-state index is 0.511. The average Bonchev–Trinajstić information content (AvgIpc) is 3.21. The Bertz CT molecular complexity index is 1280. The Morgan fingerprint density at radius 2 is 2.03 bits per heavy atom. The second-order valence-electron chi connectivity index (χ2n) is 8.01. The highest BCUT2D eigenvalue weighted by atomic mass is 32.2. The van der Waals surface area contributed by atoms with Gasteiger partial charge in [0.15, 0.2) is 0 Å². The maximum absolute atomic E-state index is 13.0. The molecule has 0 spiro atoms. The van der Waals surface area contributed by atoms with E-state index in [1.165, 1.54) is 24.2 Å². The lowest BCUT2D eigenvalue weighted by Crippen LogP contribution is -2.02. The Kier molecular flexibility index (Phi) is 8.10. The van der Waals surface area contributed by atoms with Gasteiger partial charge in [-0.15, -0.1) is 22.7 Å². The number of imidazole rings is 1. The van der Waals surface area contributed by atoms with Crippen LogP contribution in [0, 0.1) is 0 Å². The molecule has 0 aromatic carbocycles. The maximum atomic E-state index is 13.0. The van der Waals surface area contributed by atoms with E-state index in [1.807, 2.05) is 17.6 Å². The van der Waals surface area contributed by atoms with Crippen LogP contribution in [0.5, 0.6) is 0 Å². The van der Waals surface area contributed by atoms with E-state index in [-0.39, 0.29) is 0 Å². The van der Waals surface area contributed by atoms with Crippen molar-refractivity contribution < 1.29 is 13.7 Å². The number of thiazole rings is 1. The highest BCUT2D eigenvalue weighted by Crippen LogP contribution is 2.45. The number of hydrogen-bond acceptors (Lipinski definition) is 9. The summed E-state index contributed by atoms with van der Waals surface area (Å²) in [6.45, 7) is 0.577. The molecule has 4 aromatic rings.